The molecule has 1 aliphatic rings. The van der Waals surface area contributed by atoms with Crippen LogP contribution in [0.1, 0.15) is 55.6 Å². The first-order valence-corrected chi connectivity index (χ1v) is 13.2. The van der Waals surface area contributed by atoms with Gasteiger partial charge in [-0.15, -0.1) is 0 Å². The fourth-order valence-corrected chi connectivity index (χ4v) is 5.00. The van der Waals surface area contributed by atoms with Crippen molar-refractivity contribution in [2.24, 2.45) is 10.9 Å². The van der Waals surface area contributed by atoms with E-state index in [9.17, 15) is 24.5 Å². The number of aliphatic imine (C=N–C) groups is 1. The van der Waals surface area contributed by atoms with Crippen LogP contribution in [0.4, 0.5) is 11.5 Å². The van der Waals surface area contributed by atoms with Gasteiger partial charge in [-0.25, -0.2) is 9.67 Å². The Morgan fingerprint density at radius 3 is 2.52 bits per heavy atom. The summed E-state index contributed by atoms with van der Waals surface area (Å²) in [5, 5.41) is 11.5. The highest BCUT2D eigenvalue weighted by Gasteiger charge is 2.42. The number of fused-ring (bicyclic) bond motifs is 1. The SMILES string of the molecule is CC1=Nc2cc(=O)n(C(=O)CCCN(C)Cc3ccccc3)n2C(c2cccc([N+](=O)[O-])c2)C1C(=O)OC(C)C. The van der Waals surface area contributed by atoms with E-state index in [1.54, 1.807) is 26.8 Å². The number of benzene rings is 2. The zero-order valence-electron chi connectivity index (χ0n) is 23.0. The highest BCUT2D eigenvalue weighted by Crippen LogP contribution is 2.38. The van der Waals surface area contributed by atoms with E-state index in [0.717, 1.165) is 16.8 Å². The van der Waals surface area contributed by atoms with Crippen molar-refractivity contribution in [1.29, 1.82) is 0 Å². The van der Waals surface area contributed by atoms with Crippen LogP contribution < -0.4 is 5.56 Å². The molecule has 2 aromatic carbocycles. The second-order valence-corrected chi connectivity index (χ2v) is 10.2. The molecule has 4 rings (SSSR count). The molecule has 0 aliphatic carbocycles. The summed E-state index contributed by atoms with van der Waals surface area (Å²) in [6, 6.07) is 16.1. The van der Waals surface area contributed by atoms with Crippen LogP contribution in [0, 0.1) is 16.0 Å². The first-order chi connectivity index (χ1) is 19.1. The average Bonchev–Trinajstić information content (AvgIpc) is 3.22. The van der Waals surface area contributed by atoms with Crippen LogP contribution in [-0.4, -0.2) is 56.5 Å². The van der Waals surface area contributed by atoms with E-state index in [0.29, 0.717) is 24.2 Å². The number of hydrogen-bond donors (Lipinski definition) is 0. The van der Waals surface area contributed by atoms with E-state index in [2.05, 4.69) is 9.89 Å². The monoisotopic (exact) mass is 547 g/mol. The number of hydrogen-bond acceptors (Lipinski definition) is 8. The summed E-state index contributed by atoms with van der Waals surface area (Å²) in [5.41, 5.74) is 1.16. The van der Waals surface area contributed by atoms with Crippen LogP contribution >= 0.6 is 0 Å². The van der Waals surface area contributed by atoms with Gasteiger partial charge in [0.25, 0.3) is 11.2 Å². The molecule has 210 valence electrons. The number of carbonyl (C=O) groups is 2. The summed E-state index contributed by atoms with van der Waals surface area (Å²) in [4.78, 5) is 57.5. The Labute approximate surface area is 231 Å². The predicted octanol–water partition coefficient (Wildman–Crippen LogP) is 4.37. The minimum Gasteiger partial charge on any atom is -0.462 e. The Bertz CT molecular complexity index is 1490. The van der Waals surface area contributed by atoms with Gasteiger partial charge in [0.2, 0.25) is 5.91 Å². The van der Waals surface area contributed by atoms with Crippen LogP contribution in [0.15, 0.2) is 70.5 Å². The summed E-state index contributed by atoms with van der Waals surface area (Å²) in [7, 11) is 1.96. The van der Waals surface area contributed by atoms with Crippen molar-refractivity contribution in [3.05, 3.63) is 92.3 Å². The number of rotatable bonds is 10. The third-order valence-corrected chi connectivity index (χ3v) is 6.72. The fourth-order valence-electron chi connectivity index (χ4n) is 5.00. The normalized spacial score (nSPS) is 16.5. The molecular weight excluding hydrogens is 514 g/mol. The van der Waals surface area contributed by atoms with E-state index in [1.807, 2.05) is 37.4 Å². The maximum Gasteiger partial charge on any atom is 0.317 e. The summed E-state index contributed by atoms with van der Waals surface area (Å²) >= 11 is 0. The number of aromatic nitrogens is 2. The molecular formula is C29H33N5O6. The molecule has 3 aromatic rings. The highest BCUT2D eigenvalue weighted by atomic mass is 16.6. The van der Waals surface area contributed by atoms with E-state index < -0.39 is 40.4 Å². The third kappa shape index (κ3) is 6.26. The smallest absolute Gasteiger partial charge is 0.317 e. The third-order valence-electron chi connectivity index (χ3n) is 6.72. The molecule has 0 saturated heterocycles. The zero-order chi connectivity index (χ0) is 29.0. The van der Waals surface area contributed by atoms with Gasteiger partial charge in [-0.05, 0) is 51.9 Å². The van der Waals surface area contributed by atoms with Crippen LogP contribution in [0.3, 0.4) is 0 Å². The number of non-ortho nitro benzene ring substituents is 1. The Hall–Kier alpha value is -4.38. The Kier molecular flexibility index (Phi) is 8.73. The predicted molar refractivity (Wildman–Crippen MR) is 150 cm³/mol. The molecule has 1 aliphatic heterocycles. The van der Waals surface area contributed by atoms with Gasteiger partial charge in [-0.2, -0.15) is 4.68 Å². The quantitative estimate of drug-likeness (QED) is 0.209. The minimum absolute atomic E-state index is 0.0773. The van der Waals surface area contributed by atoms with Crippen molar-refractivity contribution < 1.29 is 19.2 Å². The van der Waals surface area contributed by atoms with Crippen LogP contribution in [0.5, 0.6) is 0 Å². The summed E-state index contributed by atoms with van der Waals surface area (Å²) in [6.07, 6.45) is 0.153. The van der Waals surface area contributed by atoms with Gasteiger partial charge in [-0.3, -0.25) is 24.5 Å². The molecule has 1 aromatic heterocycles. The van der Waals surface area contributed by atoms with E-state index in [-0.39, 0.29) is 17.9 Å². The first-order valence-electron chi connectivity index (χ1n) is 13.2. The summed E-state index contributed by atoms with van der Waals surface area (Å²) < 4.78 is 7.89. The number of carbonyl (C=O) groups excluding carboxylic acids is 2. The van der Waals surface area contributed by atoms with Crippen LogP contribution in [0.25, 0.3) is 0 Å². The van der Waals surface area contributed by atoms with Gasteiger partial charge in [0.05, 0.1) is 17.1 Å². The molecule has 0 N–H and O–H groups in total. The molecule has 0 radical (unpaired) electrons. The van der Waals surface area contributed by atoms with E-state index in [4.69, 9.17) is 4.74 Å². The van der Waals surface area contributed by atoms with Gasteiger partial charge in [0.1, 0.15) is 5.92 Å². The van der Waals surface area contributed by atoms with Crippen LogP contribution in [-0.2, 0) is 16.1 Å². The van der Waals surface area contributed by atoms with Crippen LogP contribution in [0.2, 0.25) is 0 Å². The lowest BCUT2D eigenvalue weighted by Gasteiger charge is -2.33. The topological polar surface area (TPSA) is 129 Å². The van der Waals surface area contributed by atoms with Gasteiger partial charge in [-0.1, -0.05) is 42.5 Å². The van der Waals surface area contributed by atoms with Crippen molar-refractivity contribution in [3.8, 4) is 0 Å². The lowest BCUT2D eigenvalue weighted by molar-refractivity contribution is -0.384. The lowest BCUT2D eigenvalue weighted by atomic mass is 9.88. The second kappa shape index (κ2) is 12.2. The minimum atomic E-state index is -1.00. The molecule has 0 bridgehead atoms. The first kappa shape index (κ1) is 28.6. The van der Waals surface area contributed by atoms with Crippen molar-refractivity contribution >= 4 is 29.1 Å². The number of ether oxygens (including phenoxy) is 1. The molecule has 2 atom stereocenters. The molecule has 2 unspecified atom stereocenters. The van der Waals surface area contributed by atoms with Crippen molar-refractivity contribution in [3.63, 3.8) is 0 Å². The average molecular weight is 548 g/mol. The van der Waals surface area contributed by atoms with Crippen molar-refractivity contribution in [1.82, 2.24) is 14.3 Å². The molecule has 0 amide bonds. The molecule has 0 fully saturated rings. The number of esters is 1. The molecule has 40 heavy (non-hydrogen) atoms. The summed E-state index contributed by atoms with van der Waals surface area (Å²) in [5.74, 6) is -1.85. The Morgan fingerprint density at radius 2 is 1.85 bits per heavy atom. The molecule has 11 heteroatoms. The van der Waals surface area contributed by atoms with Crippen molar-refractivity contribution in [2.75, 3.05) is 13.6 Å². The molecule has 0 spiro atoms. The maximum absolute atomic E-state index is 13.5. The molecule has 11 nitrogen and oxygen atoms in total. The van der Waals surface area contributed by atoms with Gasteiger partial charge in [0.15, 0.2) is 5.82 Å². The van der Waals surface area contributed by atoms with E-state index >= 15 is 0 Å². The van der Waals surface area contributed by atoms with Crippen molar-refractivity contribution in [2.45, 2.75) is 52.3 Å². The molecule has 2 heterocycles. The number of nitrogens with zero attached hydrogens (tertiary/aromatic N) is 5. The number of nitro benzene ring substituents is 1. The fraction of sp³-hybridized carbons (Fsp3) is 0.379. The van der Waals surface area contributed by atoms with E-state index in [1.165, 1.54) is 28.9 Å². The molecule has 0 saturated carbocycles. The maximum atomic E-state index is 13.5. The largest absolute Gasteiger partial charge is 0.462 e. The Balaban J connectivity index is 1.67. The lowest BCUT2D eigenvalue weighted by Crippen LogP contribution is -2.42. The van der Waals surface area contributed by atoms with Gasteiger partial charge >= 0.3 is 5.97 Å². The zero-order valence-corrected chi connectivity index (χ0v) is 23.0. The number of nitro groups is 1. The highest BCUT2D eigenvalue weighted by molar-refractivity contribution is 6.03. The van der Waals surface area contributed by atoms with Gasteiger partial charge < -0.3 is 9.64 Å². The summed E-state index contributed by atoms with van der Waals surface area (Å²) in [6.45, 7) is 6.41. The second-order valence-electron chi connectivity index (χ2n) is 10.2. The standard InChI is InChI=1S/C29H33N5O6/c1-19(2)40-29(37)27-20(3)30-24-17-26(36)33(32(24)28(27)22-12-8-13-23(16-22)34(38)39)25(35)14-9-15-31(4)18-21-10-6-5-7-11-21/h5-8,10-13,16-17,19,27-28H,9,14-15,18H2,1-4H3. The van der Waals surface area contributed by atoms with Gasteiger partial charge in [0, 0.05) is 36.9 Å². The Morgan fingerprint density at radius 1 is 1.12 bits per heavy atom.